The van der Waals surface area contributed by atoms with Gasteiger partial charge in [0.2, 0.25) is 5.78 Å². The summed E-state index contributed by atoms with van der Waals surface area (Å²) in [5.41, 5.74) is 0.641. The van der Waals surface area contributed by atoms with Gasteiger partial charge in [-0.25, -0.2) is 18.1 Å². The summed E-state index contributed by atoms with van der Waals surface area (Å²) in [5.74, 6) is -2.18. The van der Waals surface area contributed by atoms with Gasteiger partial charge in [0, 0.05) is 10.9 Å². The quantitative estimate of drug-likeness (QED) is 0.810. The Morgan fingerprint density at radius 1 is 1.18 bits per heavy atom. The molecule has 6 nitrogen and oxygen atoms in total. The van der Waals surface area contributed by atoms with Crippen LogP contribution in [0.4, 0.5) is 0 Å². The normalized spacial score (nSPS) is 20.2. The molecule has 1 aliphatic heterocycles. The molecule has 0 aliphatic carbocycles. The van der Waals surface area contributed by atoms with E-state index in [2.05, 4.69) is 4.98 Å². The number of aromatic nitrogens is 1. The third-order valence-electron chi connectivity index (χ3n) is 2.96. The molecule has 2 heterocycles. The molecule has 0 radical (unpaired) electrons. The van der Waals surface area contributed by atoms with Crippen LogP contribution in [0, 0.1) is 0 Å². The first kappa shape index (κ1) is 15.4. The predicted molar refractivity (Wildman–Crippen MR) is 82.4 cm³/mol. The van der Waals surface area contributed by atoms with Gasteiger partial charge >= 0.3 is 5.91 Å². The maximum atomic E-state index is 11.8. The van der Waals surface area contributed by atoms with Gasteiger partial charge in [-0.1, -0.05) is 29.3 Å². The highest BCUT2D eigenvalue weighted by atomic mass is 35.5. The van der Waals surface area contributed by atoms with Crippen LogP contribution in [0.15, 0.2) is 23.6 Å². The molecular formula is C12H6Cl2N2O4S2. The minimum Gasteiger partial charge on any atom is -0.287 e. The molecule has 0 bridgehead atoms. The summed E-state index contributed by atoms with van der Waals surface area (Å²) in [5, 5.41) is 1.00. The largest absolute Gasteiger partial charge is 0.302 e. The zero-order valence-electron chi connectivity index (χ0n) is 10.5. The summed E-state index contributed by atoms with van der Waals surface area (Å²) in [6.07, 6.45) is 0. The fourth-order valence-corrected chi connectivity index (χ4v) is 4.49. The molecule has 10 heteroatoms. The lowest BCUT2D eigenvalue weighted by Crippen LogP contribution is -2.22. The molecule has 3 rings (SSSR count). The van der Waals surface area contributed by atoms with Crippen LogP contribution < -0.4 is 4.72 Å². The van der Waals surface area contributed by atoms with E-state index in [4.69, 9.17) is 23.2 Å². The van der Waals surface area contributed by atoms with Gasteiger partial charge in [0.1, 0.15) is 5.01 Å². The van der Waals surface area contributed by atoms with E-state index in [0.29, 0.717) is 20.6 Å². The number of sulfonamides is 1. The maximum absolute atomic E-state index is 11.8. The molecule has 1 aromatic carbocycles. The van der Waals surface area contributed by atoms with E-state index in [9.17, 15) is 18.0 Å². The molecule has 1 fully saturated rings. The fraction of sp³-hybridized carbons (Fsp3) is 0.0833. The predicted octanol–water partition coefficient (Wildman–Crippen LogP) is 2.19. The lowest BCUT2D eigenvalue weighted by molar-refractivity contribution is -0.135. The average Bonchev–Trinajstić information content (AvgIpc) is 2.97. The molecule has 0 spiro atoms. The van der Waals surface area contributed by atoms with Gasteiger partial charge in [-0.2, -0.15) is 0 Å². The summed E-state index contributed by atoms with van der Waals surface area (Å²) in [4.78, 5) is 27.1. The second kappa shape index (κ2) is 5.31. The summed E-state index contributed by atoms with van der Waals surface area (Å²) < 4.78 is 25.3. The van der Waals surface area contributed by atoms with Crippen molar-refractivity contribution >= 4 is 56.3 Å². The van der Waals surface area contributed by atoms with Crippen LogP contribution in [0.5, 0.6) is 0 Å². The molecule has 0 saturated carbocycles. The number of rotatable bonds is 2. The summed E-state index contributed by atoms with van der Waals surface area (Å²) in [6, 6.07) is 4.84. The Hall–Kier alpha value is -1.48. The van der Waals surface area contributed by atoms with E-state index in [1.807, 2.05) is 0 Å². The van der Waals surface area contributed by atoms with Crippen LogP contribution in [-0.2, 0) is 19.6 Å². The number of nitrogens with zero attached hydrogens (tertiary/aromatic N) is 1. The highest BCUT2D eigenvalue weighted by molar-refractivity contribution is 7.92. The molecule has 1 saturated heterocycles. The van der Waals surface area contributed by atoms with E-state index in [0.717, 1.165) is 11.3 Å². The summed E-state index contributed by atoms with van der Waals surface area (Å²) >= 11 is 12.9. The zero-order valence-corrected chi connectivity index (χ0v) is 13.7. The van der Waals surface area contributed by atoms with E-state index < -0.39 is 27.0 Å². The van der Waals surface area contributed by atoms with Crippen molar-refractivity contribution in [3.05, 3.63) is 39.3 Å². The SMILES string of the molecule is O=C1NS(=O)(=O)C(c2csc(-c3ccc(Cl)c(Cl)c3)n2)C1=O. The molecule has 1 aromatic heterocycles. The first-order valence-electron chi connectivity index (χ1n) is 5.80. The second-order valence-corrected chi connectivity index (χ2v) is 7.86. The van der Waals surface area contributed by atoms with Crippen LogP contribution in [0.3, 0.4) is 0 Å². The standard InChI is InChI=1S/C12H6Cl2N2O4S2/c13-6-2-1-5(3-7(6)14)12-15-8(4-21-12)10-9(17)11(18)16-22(10,19)20/h1-4,10H,(H,16,18). The smallest absolute Gasteiger partial charge is 0.287 e. The van der Waals surface area contributed by atoms with Gasteiger partial charge < -0.3 is 0 Å². The minimum atomic E-state index is -4.07. The monoisotopic (exact) mass is 376 g/mol. The van der Waals surface area contributed by atoms with Gasteiger partial charge in [-0.05, 0) is 12.1 Å². The number of hydrogen-bond donors (Lipinski definition) is 1. The Kier molecular flexibility index (Phi) is 3.72. The van der Waals surface area contributed by atoms with Crippen LogP contribution in [0.2, 0.25) is 10.0 Å². The third-order valence-corrected chi connectivity index (χ3v) is 6.16. The molecule has 1 aliphatic rings. The first-order valence-corrected chi connectivity index (χ1v) is 8.98. The molecule has 2 aromatic rings. The number of thiazole rings is 1. The number of Topliss-reactive ketones (excluding diaryl/α,β-unsaturated/α-hetero) is 1. The fourth-order valence-electron chi connectivity index (χ4n) is 1.96. The minimum absolute atomic E-state index is 0.00872. The Morgan fingerprint density at radius 2 is 1.91 bits per heavy atom. The summed E-state index contributed by atoms with van der Waals surface area (Å²) in [6.45, 7) is 0. The Morgan fingerprint density at radius 3 is 2.50 bits per heavy atom. The number of ketones is 1. The lowest BCUT2D eigenvalue weighted by Gasteiger charge is -2.02. The Balaban J connectivity index is 2.02. The number of carbonyl (C=O) groups is 2. The van der Waals surface area contributed by atoms with Crippen molar-refractivity contribution in [2.45, 2.75) is 5.25 Å². The van der Waals surface area contributed by atoms with E-state index in [1.165, 1.54) is 5.38 Å². The highest BCUT2D eigenvalue weighted by Gasteiger charge is 2.47. The summed E-state index contributed by atoms with van der Waals surface area (Å²) in [7, 11) is -4.07. The molecular weight excluding hydrogens is 371 g/mol. The van der Waals surface area contributed by atoms with E-state index >= 15 is 0 Å². The van der Waals surface area contributed by atoms with Crippen molar-refractivity contribution in [1.82, 2.24) is 9.71 Å². The van der Waals surface area contributed by atoms with Gasteiger partial charge in [-0.15, -0.1) is 11.3 Å². The molecule has 1 atom stereocenters. The Labute approximate surface area is 139 Å². The second-order valence-electron chi connectivity index (χ2n) is 4.43. The van der Waals surface area contributed by atoms with Gasteiger partial charge in [0.05, 0.1) is 15.7 Å². The topological polar surface area (TPSA) is 93.2 Å². The van der Waals surface area contributed by atoms with Crippen molar-refractivity contribution < 1.29 is 18.0 Å². The van der Waals surface area contributed by atoms with E-state index in [-0.39, 0.29) is 5.69 Å². The van der Waals surface area contributed by atoms with Crippen LogP contribution >= 0.6 is 34.5 Å². The van der Waals surface area contributed by atoms with Crippen LogP contribution in [0.25, 0.3) is 10.6 Å². The van der Waals surface area contributed by atoms with Crippen molar-refractivity contribution in [3.8, 4) is 10.6 Å². The van der Waals surface area contributed by atoms with E-state index in [1.54, 1.807) is 22.9 Å². The highest BCUT2D eigenvalue weighted by Crippen LogP contribution is 2.34. The average molecular weight is 377 g/mol. The first-order chi connectivity index (χ1) is 10.3. The number of halogens is 2. The van der Waals surface area contributed by atoms with Crippen LogP contribution in [-0.4, -0.2) is 25.1 Å². The van der Waals surface area contributed by atoms with Crippen molar-refractivity contribution in [1.29, 1.82) is 0 Å². The van der Waals surface area contributed by atoms with Gasteiger partial charge in [0.15, 0.2) is 5.25 Å². The number of benzene rings is 1. The zero-order chi connectivity index (χ0) is 16.1. The number of amides is 1. The van der Waals surface area contributed by atoms with Crippen LogP contribution in [0.1, 0.15) is 10.9 Å². The molecule has 1 N–H and O–H groups in total. The number of carbonyl (C=O) groups excluding carboxylic acids is 2. The molecule has 114 valence electrons. The third kappa shape index (κ3) is 2.52. The van der Waals surface area contributed by atoms with Crippen molar-refractivity contribution in [2.24, 2.45) is 0 Å². The molecule has 22 heavy (non-hydrogen) atoms. The molecule has 1 amide bonds. The number of nitrogens with one attached hydrogen (secondary N) is 1. The molecule has 1 unspecified atom stereocenters. The van der Waals surface area contributed by atoms with Gasteiger partial charge in [-0.3, -0.25) is 9.59 Å². The van der Waals surface area contributed by atoms with Gasteiger partial charge in [0.25, 0.3) is 10.0 Å². The lowest BCUT2D eigenvalue weighted by atomic mass is 10.2. The maximum Gasteiger partial charge on any atom is 0.302 e. The Bertz CT molecular complexity index is 908. The number of hydrogen-bond acceptors (Lipinski definition) is 6. The van der Waals surface area contributed by atoms with Crippen molar-refractivity contribution in [2.75, 3.05) is 0 Å². The van der Waals surface area contributed by atoms with Crippen molar-refractivity contribution in [3.63, 3.8) is 0 Å².